The molecule has 1 nitrogen and oxygen atoms in total. The van der Waals surface area contributed by atoms with E-state index in [9.17, 15) is 4.39 Å². The van der Waals surface area contributed by atoms with E-state index < -0.39 is 0 Å². The minimum absolute atomic E-state index is 0.0635. The van der Waals surface area contributed by atoms with E-state index in [4.69, 9.17) is 0 Å². The molecule has 0 bridgehead atoms. The van der Waals surface area contributed by atoms with Crippen LogP contribution in [0.2, 0.25) is 0 Å². The van der Waals surface area contributed by atoms with Gasteiger partial charge < -0.3 is 5.32 Å². The van der Waals surface area contributed by atoms with Crippen molar-refractivity contribution in [2.24, 2.45) is 5.92 Å². The Labute approximate surface area is 98.1 Å². The zero-order valence-corrected chi connectivity index (χ0v) is 10.6. The van der Waals surface area contributed by atoms with Gasteiger partial charge in [-0.2, -0.15) is 0 Å². The molecule has 0 saturated heterocycles. The highest BCUT2D eigenvalue weighted by atomic mass is 19.1. The summed E-state index contributed by atoms with van der Waals surface area (Å²) in [6.07, 6.45) is 1.07. The number of nitrogens with one attached hydrogen (secondary N) is 1. The number of halogens is 1. The third kappa shape index (κ3) is 3.31. The average Bonchev–Trinajstić information content (AvgIpc) is 2.25. The number of hydrogen-bond donors (Lipinski definition) is 1. The van der Waals surface area contributed by atoms with Gasteiger partial charge in [-0.25, -0.2) is 4.39 Å². The summed E-state index contributed by atoms with van der Waals surface area (Å²) in [5.74, 6) is 0.445. The second kappa shape index (κ2) is 6.00. The van der Waals surface area contributed by atoms with E-state index in [1.165, 1.54) is 6.07 Å². The largest absolute Gasteiger partial charge is 0.307 e. The molecule has 0 spiro atoms. The van der Waals surface area contributed by atoms with Crippen LogP contribution in [0.3, 0.4) is 0 Å². The second-order valence-corrected chi connectivity index (χ2v) is 4.67. The standard InChI is InChI=1S/C14H22FN/c1-5-14(10(2)3)16-11(4)12-8-6-7-9-13(12)15/h6-11,14,16H,5H2,1-4H3/t11-,14?/m1/s1. The first-order valence-electron chi connectivity index (χ1n) is 6.06. The Balaban J connectivity index is 2.72. The van der Waals surface area contributed by atoms with Crippen LogP contribution in [0.4, 0.5) is 4.39 Å². The lowest BCUT2D eigenvalue weighted by molar-refractivity contribution is 0.351. The van der Waals surface area contributed by atoms with Gasteiger partial charge in [0.1, 0.15) is 5.82 Å². The Morgan fingerprint density at radius 3 is 2.31 bits per heavy atom. The summed E-state index contributed by atoms with van der Waals surface area (Å²) in [6, 6.07) is 7.48. The van der Waals surface area contributed by atoms with Crippen molar-refractivity contribution in [3.05, 3.63) is 35.6 Å². The van der Waals surface area contributed by atoms with Gasteiger partial charge in [-0.05, 0) is 25.3 Å². The second-order valence-electron chi connectivity index (χ2n) is 4.67. The Kier molecular flexibility index (Phi) is 4.94. The van der Waals surface area contributed by atoms with Crippen molar-refractivity contribution < 1.29 is 4.39 Å². The minimum atomic E-state index is -0.124. The summed E-state index contributed by atoms with van der Waals surface area (Å²) >= 11 is 0. The van der Waals surface area contributed by atoms with Gasteiger partial charge in [-0.3, -0.25) is 0 Å². The lowest BCUT2D eigenvalue weighted by atomic mass is 9.99. The number of rotatable bonds is 5. The molecule has 0 fully saturated rings. The summed E-state index contributed by atoms with van der Waals surface area (Å²) in [7, 11) is 0. The van der Waals surface area contributed by atoms with Crippen LogP contribution < -0.4 is 5.32 Å². The van der Waals surface area contributed by atoms with Gasteiger partial charge in [0.25, 0.3) is 0 Å². The van der Waals surface area contributed by atoms with Crippen molar-refractivity contribution in [2.75, 3.05) is 0 Å². The van der Waals surface area contributed by atoms with Crippen LogP contribution in [-0.2, 0) is 0 Å². The molecule has 1 unspecified atom stereocenters. The van der Waals surface area contributed by atoms with Gasteiger partial charge in [0.05, 0.1) is 0 Å². The predicted octanol–water partition coefficient (Wildman–Crippen LogP) is 3.91. The molecule has 16 heavy (non-hydrogen) atoms. The van der Waals surface area contributed by atoms with Crippen molar-refractivity contribution in [1.29, 1.82) is 0 Å². The van der Waals surface area contributed by atoms with E-state index in [1.54, 1.807) is 6.07 Å². The van der Waals surface area contributed by atoms with Gasteiger partial charge >= 0.3 is 0 Å². The average molecular weight is 223 g/mol. The monoisotopic (exact) mass is 223 g/mol. The first-order valence-corrected chi connectivity index (χ1v) is 6.06. The molecule has 1 aromatic rings. The fourth-order valence-corrected chi connectivity index (χ4v) is 2.02. The topological polar surface area (TPSA) is 12.0 Å². The van der Waals surface area contributed by atoms with Crippen LogP contribution in [0.25, 0.3) is 0 Å². The van der Waals surface area contributed by atoms with Crippen molar-refractivity contribution >= 4 is 0 Å². The van der Waals surface area contributed by atoms with Crippen molar-refractivity contribution in [2.45, 2.75) is 46.2 Å². The highest BCUT2D eigenvalue weighted by Crippen LogP contribution is 2.18. The van der Waals surface area contributed by atoms with Gasteiger partial charge in [0.15, 0.2) is 0 Å². The van der Waals surface area contributed by atoms with Crippen molar-refractivity contribution in [3.63, 3.8) is 0 Å². The molecule has 0 aliphatic rings. The summed E-state index contributed by atoms with van der Waals surface area (Å²) in [4.78, 5) is 0. The molecule has 0 aliphatic carbocycles. The summed E-state index contributed by atoms with van der Waals surface area (Å²) in [5, 5.41) is 3.48. The van der Waals surface area contributed by atoms with Crippen molar-refractivity contribution in [3.8, 4) is 0 Å². The molecule has 2 heteroatoms. The SMILES string of the molecule is CCC(N[C@H](C)c1ccccc1F)C(C)C. The maximum atomic E-state index is 13.6. The van der Waals surface area contributed by atoms with E-state index in [1.807, 2.05) is 19.1 Å². The van der Waals surface area contributed by atoms with Crippen LogP contribution in [0.5, 0.6) is 0 Å². The van der Waals surface area contributed by atoms with Crippen LogP contribution in [0.1, 0.15) is 45.7 Å². The van der Waals surface area contributed by atoms with Gasteiger partial charge in [-0.1, -0.05) is 39.0 Å². The lowest BCUT2D eigenvalue weighted by Gasteiger charge is -2.25. The molecule has 1 N–H and O–H groups in total. The minimum Gasteiger partial charge on any atom is -0.307 e. The Morgan fingerprint density at radius 1 is 1.19 bits per heavy atom. The molecule has 1 aromatic carbocycles. The molecule has 0 heterocycles. The maximum absolute atomic E-state index is 13.6. The first kappa shape index (κ1) is 13.2. The third-order valence-corrected chi connectivity index (χ3v) is 3.08. The maximum Gasteiger partial charge on any atom is 0.127 e. The number of hydrogen-bond acceptors (Lipinski definition) is 1. The Bertz CT molecular complexity index is 322. The van der Waals surface area contributed by atoms with E-state index in [0.717, 1.165) is 12.0 Å². The predicted molar refractivity (Wildman–Crippen MR) is 66.9 cm³/mol. The molecule has 0 saturated carbocycles. The fraction of sp³-hybridized carbons (Fsp3) is 0.571. The zero-order chi connectivity index (χ0) is 12.1. The van der Waals surface area contributed by atoms with Crippen LogP contribution >= 0.6 is 0 Å². The summed E-state index contributed by atoms with van der Waals surface area (Å²) < 4.78 is 13.6. The van der Waals surface area contributed by atoms with E-state index in [0.29, 0.717) is 12.0 Å². The zero-order valence-electron chi connectivity index (χ0n) is 10.6. The smallest absolute Gasteiger partial charge is 0.127 e. The van der Waals surface area contributed by atoms with Crippen LogP contribution in [-0.4, -0.2) is 6.04 Å². The first-order chi connectivity index (χ1) is 7.56. The fourth-order valence-electron chi connectivity index (χ4n) is 2.02. The molecule has 0 amide bonds. The number of benzene rings is 1. The summed E-state index contributed by atoms with van der Waals surface area (Å²) in [6.45, 7) is 8.56. The molecule has 2 atom stereocenters. The molecule has 0 aliphatic heterocycles. The van der Waals surface area contributed by atoms with Crippen molar-refractivity contribution in [1.82, 2.24) is 5.32 Å². The molecule has 0 radical (unpaired) electrons. The van der Waals surface area contributed by atoms with Crippen LogP contribution in [0, 0.1) is 11.7 Å². The normalized spacial score (nSPS) is 15.1. The molecular weight excluding hydrogens is 201 g/mol. The van der Waals surface area contributed by atoms with Crippen LogP contribution in [0.15, 0.2) is 24.3 Å². The van der Waals surface area contributed by atoms with E-state index in [2.05, 4.69) is 26.1 Å². The van der Waals surface area contributed by atoms with Gasteiger partial charge in [-0.15, -0.1) is 0 Å². The highest BCUT2D eigenvalue weighted by Gasteiger charge is 2.16. The van der Waals surface area contributed by atoms with Gasteiger partial charge in [0.2, 0.25) is 0 Å². The third-order valence-electron chi connectivity index (χ3n) is 3.08. The molecule has 90 valence electrons. The molecule has 1 rings (SSSR count). The quantitative estimate of drug-likeness (QED) is 0.798. The highest BCUT2D eigenvalue weighted by molar-refractivity contribution is 5.20. The molecule has 0 aromatic heterocycles. The lowest BCUT2D eigenvalue weighted by Crippen LogP contribution is -2.35. The van der Waals surface area contributed by atoms with E-state index >= 15 is 0 Å². The molecular formula is C14H22FN. The Hall–Kier alpha value is -0.890. The van der Waals surface area contributed by atoms with Gasteiger partial charge in [0, 0.05) is 17.6 Å². The summed E-state index contributed by atoms with van der Waals surface area (Å²) in [5.41, 5.74) is 0.751. The Morgan fingerprint density at radius 2 is 1.81 bits per heavy atom. The van der Waals surface area contributed by atoms with E-state index in [-0.39, 0.29) is 11.9 Å².